The molecule has 1 heterocycles. The van der Waals surface area contributed by atoms with Crippen LogP contribution in [-0.2, 0) is 6.54 Å². The zero-order valence-electron chi connectivity index (χ0n) is 8.53. The predicted molar refractivity (Wildman–Crippen MR) is 74.3 cm³/mol. The van der Waals surface area contributed by atoms with E-state index in [2.05, 4.69) is 51.8 Å². The van der Waals surface area contributed by atoms with Crippen molar-refractivity contribution in [2.45, 2.75) is 19.0 Å². The van der Waals surface area contributed by atoms with Gasteiger partial charge in [0.25, 0.3) is 0 Å². The number of nitrogens with zero attached hydrogens (tertiary/aromatic N) is 1. The number of benzene rings is 1. The van der Waals surface area contributed by atoms with E-state index in [4.69, 9.17) is 5.73 Å². The molecule has 0 unspecified atom stereocenters. The van der Waals surface area contributed by atoms with Gasteiger partial charge in [0.05, 0.1) is 0 Å². The predicted octanol–water partition coefficient (Wildman–Crippen LogP) is 2.25. The van der Waals surface area contributed by atoms with Crippen molar-refractivity contribution in [3.63, 3.8) is 0 Å². The van der Waals surface area contributed by atoms with Crippen LogP contribution in [0.3, 0.4) is 0 Å². The molecule has 2 N–H and O–H groups in total. The molecule has 2 rings (SSSR count). The third-order valence-corrected chi connectivity index (χ3v) is 3.35. The average Bonchev–Trinajstić information content (AvgIpc) is 2.56. The van der Waals surface area contributed by atoms with Crippen LogP contribution in [0.5, 0.6) is 0 Å². The molecular weight excluding hydrogens is 322 g/mol. The Hall–Kier alpha value is 0.160. The van der Waals surface area contributed by atoms with Gasteiger partial charge in [0.2, 0.25) is 0 Å². The lowest BCUT2D eigenvalue weighted by atomic mass is 10.2. The highest BCUT2D eigenvalue weighted by Crippen LogP contribution is 2.13. The van der Waals surface area contributed by atoms with Crippen molar-refractivity contribution in [1.82, 2.24) is 4.90 Å². The molecule has 0 spiro atoms. The Balaban J connectivity index is 0.00000112. The van der Waals surface area contributed by atoms with E-state index in [1.807, 2.05) is 0 Å². The van der Waals surface area contributed by atoms with Gasteiger partial charge in [-0.05, 0) is 46.7 Å². The Morgan fingerprint density at radius 3 is 2.53 bits per heavy atom. The molecule has 1 aliphatic heterocycles. The van der Waals surface area contributed by atoms with Crippen molar-refractivity contribution >= 4 is 35.0 Å². The van der Waals surface area contributed by atoms with Crippen LogP contribution in [0.15, 0.2) is 24.3 Å². The van der Waals surface area contributed by atoms with E-state index in [0.29, 0.717) is 6.04 Å². The van der Waals surface area contributed by atoms with Gasteiger partial charge in [0.15, 0.2) is 0 Å². The summed E-state index contributed by atoms with van der Waals surface area (Å²) in [6.07, 6.45) is 1.14. The molecule has 4 heteroatoms. The second kappa shape index (κ2) is 6.03. The minimum atomic E-state index is 0. The smallest absolute Gasteiger partial charge is 0.0234 e. The van der Waals surface area contributed by atoms with Crippen LogP contribution in [0.4, 0.5) is 0 Å². The van der Waals surface area contributed by atoms with E-state index in [1.54, 1.807) is 0 Å². The van der Waals surface area contributed by atoms with E-state index in [-0.39, 0.29) is 12.4 Å². The number of likely N-dealkylation sites (tertiary alicyclic amines) is 1. The van der Waals surface area contributed by atoms with Crippen LogP contribution in [0.2, 0.25) is 0 Å². The molecule has 0 saturated carbocycles. The van der Waals surface area contributed by atoms with Crippen molar-refractivity contribution in [2.24, 2.45) is 5.73 Å². The molecule has 0 radical (unpaired) electrons. The van der Waals surface area contributed by atoms with Crippen LogP contribution in [0, 0.1) is 3.57 Å². The lowest BCUT2D eigenvalue weighted by molar-refractivity contribution is 0.327. The molecular formula is C11H16ClIN2. The fourth-order valence-electron chi connectivity index (χ4n) is 1.85. The number of hydrogen-bond acceptors (Lipinski definition) is 2. The van der Waals surface area contributed by atoms with Crippen molar-refractivity contribution < 1.29 is 0 Å². The summed E-state index contributed by atoms with van der Waals surface area (Å²) in [5.74, 6) is 0. The number of hydrogen-bond donors (Lipinski definition) is 1. The van der Waals surface area contributed by atoms with Gasteiger partial charge in [-0.15, -0.1) is 12.4 Å². The molecule has 1 aliphatic rings. The van der Waals surface area contributed by atoms with Crippen LogP contribution < -0.4 is 5.73 Å². The Labute approximate surface area is 111 Å². The summed E-state index contributed by atoms with van der Waals surface area (Å²) >= 11 is 2.33. The summed E-state index contributed by atoms with van der Waals surface area (Å²) in [4.78, 5) is 2.42. The molecule has 0 amide bonds. The van der Waals surface area contributed by atoms with Gasteiger partial charge in [-0.25, -0.2) is 0 Å². The number of halogens is 2. The average molecular weight is 339 g/mol. The van der Waals surface area contributed by atoms with Crippen LogP contribution in [-0.4, -0.2) is 24.0 Å². The minimum absolute atomic E-state index is 0. The molecule has 0 bridgehead atoms. The highest BCUT2D eigenvalue weighted by molar-refractivity contribution is 14.1. The summed E-state index contributed by atoms with van der Waals surface area (Å²) in [6.45, 7) is 3.24. The Morgan fingerprint density at radius 2 is 2.00 bits per heavy atom. The molecule has 1 atom stereocenters. The third-order valence-electron chi connectivity index (χ3n) is 2.63. The van der Waals surface area contributed by atoms with E-state index < -0.39 is 0 Å². The summed E-state index contributed by atoms with van der Waals surface area (Å²) in [6, 6.07) is 9.11. The first-order valence-corrected chi connectivity index (χ1v) is 6.04. The van der Waals surface area contributed by atoms with Crippen molar-refractivity contribution in [2.75, 3.05) is 13.1 Å². The normalized spacial score (nSPS) is 21.3. The second-order valence-corrected chi connectivity index (χ2v) is 5.16. The fraction of sp³-hybridized carbons (Fsp3) is 0.455. The SMILES string of the molecule is Cl.N[C@@H]1CCN(Cc2ccc(I)cc2)C1. The van der Waals surface area contributed by atoms with Gasteiger partial charge in [-0.1, -0.05) is 12.1 Å². The van der Waals surface area contributed by atoms with Crippen molar-refractivity contribution in [3.05, 3.63) is 33.4 Å². The Kier molecular flexibility index (Phi) is 5.32. The lowest BCUT2D eigenvalue weighted by Gasteiger charge is -2.14. The first-order valence-electron chi connectivity index (χ1n) is 4.96. The van der Waals surface area contributed by atoms with E-state index >= 15 is 0 Å². The Morgan fingerprint density at radius 1 is 1.33 bits per heavy atom. The van der Waals surface area contributed by atoms with Crippen molar-refractivity contribution in [1.29, 1.82) is 0 Å². The molecule has 2 nitrogen and oxygen atoms in total. The van der Waals surface area contributed by atoms with Crippen LogP contribution >= 0.6 is 35.0 Å². The van der Waals surface area contributed by atoms with Gasteiger partial charge in [0, 0.05) is 29.2 Å². The van der Waals surface area contributed by atoms with Gasteiger partial charge in [0.1, 0.15) is 0 Å². The minimum Gasteiger partial charge on any atom is -0.326 e. The topological polar surface area (TPSA) is 29.3 Å². The van der Waals surface area contributed by atoms with Crippen molar-refractivity contribution in [3.8, 4) is 0 Å². The van der Waals surface area contributed by atoms with Crippen LogP contribution in [0.25, 0.3) is 0 Å². The standard InChI is InChI=1S/C11H15IN2.ClH/c12-10-3-1-9(2-4-10)7-14-6-5-11(13)8-14;/h1-4,11H,5-8,13H2;1H/t11-;/m1./s1. The van der Waals surface area contributed by atoms with E-state index in [1.165, 1.54) is 9.13 Å². The van der Waals surface area contributed by atoms with Crippen LogP contribution in [0.1, 0.15) is 12.0 Å². The number of rotatable bonds is 2. The summed E-state index contributed by atoms with van der Waals surface area (Å²) in [7, 11) is 0. The monoisotopic (exact) mass is 338 g/mol. The van der Waals surface area contributed by atoms with E-state index in [0.717, 1.165) is 26.1 Å². The fourth-order valence-corrected chi connectivity index (χ4v) is 2.21. The first-order chi connectivity index (χ1) is 6.74. The molecule has 15 heavy (non-hydrogen) atoms. The van der Waals surface area contributed by atoms with Gasteiger partial charge < -0.3 is 5.73 Å². The largest absolute Gasteiger partial charge is 0.326 e. The molecule has 1 aromatic rings. The molecule has 0 aromatic heterocycles. The summed E-state index contributed by atoms with van der Waals surface area (Å²) in [5.41, 5.74) is 7.25. The maximum Gasteiger partial charge on any atom is 0.0234 e. The maximum absolute atomic E-state index is 5.86. The third kappa shape index (κ3) is 3.90. The van der Waals surface area contributed by atoms with E-state index in [9.17, 15) is 0 Å². The first kappa shape index (κ1) is 13.2. The van der Waals surface area contributed by atoms with Gasteiger partial charge in [-0.3, -0.25) is 4.90 Å². The highest BCUT2D eigenvalue weighted by Gasteiger charge is 2.18. The Bertz CT molecular complexity index is 302. The quantitative estimate of drug-likeness (QED) is 0.838. The van der Waals surface area contributed by atoms with Gasteiger partial charge >= 0.3 is 0 Å². The summed E-state index contributed by atoms with van der Waals surface area (Å²) < 4.78 is 1.30. The second-order valence-electron chi connectivity index (χ2n) is 3.91. The van der Waals surface area contributed by atoms with Gasteiger partial charge in [-0.2, -0.15) is 0 Å². The molecule has 0 aliphatic carbocycles. The molecule has 84 valence electrons. The maximum atomic E-state index is 5.86. The summed E-state index contributed by atoms with van der Waals surface area (Å²) in [5, 5.41) is 0. The molecule has 1 saturated heterocycles. The zero-order valence-corrected chi connectivity index (χ0v) is 11.5. The number of nitrogens with two attached hydrogens (primary N) is 1. The zero-order chi connectivity index (χ0) is 9.97. The highest BCUT2D eigenvalue weighted by atomic mass is 127. The lowest BCUT2D eigenvalue weighted by Crippen LogP contribution is -2.26. The molecule has 1 aromatic carbocycles. The molecule has 1 fully saturated rings.